The normalized spacial score (nSPS) is 16.7. The van der Waals surface area contributed by atoms with E-state index in [2.05, 4.69) is 10.6 Å². The minimum Gasteiger partial charge on any atom is -0.324 e. The van der Waals surface area contributed by atoms with Gasteiger partial charge in [0.15, 0.2) is 0 Å². The molecule has 1 unspecified atom stereocenters. The number of hydrogen-bond acceptors (Lipinski definition) is 3. The van der Waals surface area contributed by atoms with Crippen LogP contribution in [0.3, 0.4) is 0 Å². The Bertz CT molecular complexity index is 833. The third kappa shape index (κ3) is 3.38. The highest BCUT2D eigenvalue weighted by molar-refractivity contribution is 6.08. The monoisotopic (exact) mass is 337 g/mol. The number of carbonyl (C=O) groups is 3. The molecule has 1 fully saturated rings. The van der Waals surface area contributed by atoms with E-state index in [0.717, 1.165) is 16.0 Å². The maximum absolute atomic E-state index is 12.5. The number of urea groups is 1. The van der Waals surface area contributed by atoms with Gasteiger partial charge in [-0.3, -0.25) is 14.5 Å². The lowest BCUT2D eigenvalue weighted by Gasteiger charge is -2.14. The molecule has 1 atom stereocenters. The average Bonchev–Trinajstić information content (AvgIpc) is 2.88. The van der Waals surface area contributed by atoms with Crippen LogP contribution in [0.25, 0.3) is 0 Å². The minimum absolute atomic E-state index is 0.318. The number of carbonyl (C=O) groups excluding carboxylic acids is 3. The number of rotatable bonds is 4. The molecule has 1 aliphatic rings. The van der Waals surface area contributed by atoms with Crippen LogP contribution in [0.2, 0.25) is 0 Å². The molecule has 0 bridgehead atoms. The van der Waals surface area contributed by atoms with E-state index in [-0.39, 0.29) is 6.54 Å². The number of nitrogens with one attached hydrogen (secondary N) is 2. The summed E-state index contributed by atoms with van der Waals surface area (Å²) in [6.45, 7) is 3.54. The van der Waals surface area contributed by atoms with Crippen LogP contribution < -0.4 is 10.6 Å². The molecule has 6 heteroatoms. The van der Waals surface area contributed by atoms with Crippen LogP contribution in [0.1, 0.15) is 22.7 Å². The number of aryl methyl sites for hydroxylation is 1. The van der Waals surface area contributed by atoms with Crippen molar-refractivity contribution in [1.29, 1.82) is 0 Å². The highest BCUT2D eigenvalue weighted by Gasteiger charge is 2.39. The molecule has 0 saturated carbocycles. The van der Waals surface area contributed by atoms with Crippen LogP contribution in [0.4, 0.5) is 10.5 Å². The van der Waals surface area contributed by atoms with Gasteiger partial charge in [-0.05, 0) is 36.6 Å². The Kier molecular flexibility index (Phi) is 4.52. The predicted octanol–water partition coefficient (Wildman–Crippen LogP) is 2.54. The van der Waals surface area contributed by atoms with E-state index in [1.54, 1.807) is 30.3 Å². The molecule has 3 rings (SSSR count). The maximum Gasteiger partial charge on any atom is 0.325 e. The summed E-state index contributed by atoms with van der Waals surface area (Å²) in [4.78, 5) is 37.8. The second-order valence-electron chi connectivity index (χ2n) is 6.01. The third-order valence-electron chi connectivity index (χ3n) is 4.34. The molecule has 6 nitrogen and oxygen atoms in total. The van der Waals surface area contributed by atoms with Gasteiger partial charge in [-0.25, -0.2) is 4.79 Å². The van der Waals surface area contributed by atoms with Gasteiger partial charge in [-0.15, -0.1) is 0 Å². The Hall–Kier alpha value is -3.15. The Labute approximate surface area is 145 Å². The molecule has 1 aliphatic heterocycles. The van der Waals surface area contributed by atoms with Crippen LogP contribution in [0, 0.1) is 13.8 Å². The smallest absolute Gasteiger partial charge is 0.324 e. The lowest BCUT2D eigenvalue weighted by molar-refractivity contribution is -0.130. The quantitative estimate of drug-likeness (QED) is 0.842. The van der Waals surface area contributed by atoms with Crippen LogP contribution in [-0.2, 0) is 9.59 Å². The summed E-state index contributed by atoms with van der Waals surface area (Å²) in [6.07, 6.45) is 0. The molecule has 128 valence electrons. The van der Waals surface area contributed by atoms with Gasteiger partial charge in [0.05, 0.1) is 0 Å². The minimum atomic E-state index is -0.748. The first-order valence-electron chi connectivity index (χ1n) is 8.00. The molecular weight excluding hydrogens is 318 g/mol. The SMILES string of the molecule is Cc1cccc(NC(=O)CN2C(=O)NC(c3ccccc3)C2=O)c1C. The number of anilines is 1. The van der Waals surface area contributed by atoms with Crippen LogP contribution >= 0.6 is 0 Å². The van der Waals surface area contributed by atoms with Gasteiger partial charge in [0.1, 0.15) is 12.6 Å². The highest BCUT2D eigenvalue weighted by Crippen LogP contribution is 2.22. The summed E-state index contributed by atoms with van der Waals surface area (Å²) in [6, 6.07) is 13.2. The van der Waals surface area contributed by atoms with Gasteiger partial charge >= 0.3 is 6.03 Å². The number of nitrogens with zero attached hydrogens (tertiary/aromatic N) is 1. The zero-order valence-electron chi connectivity index (χ0n) is 14.1. The first-order valence-corrected chi connectivity index (χ1v) is 8.00. The first kappa shape index (κ1) is 16.7. The highest BCUT2D eigenvalue weighted by atomic mass is 16.2. The summed E-state index contributed by atoms with van der Waals surface area (Å²) in [5.41, 5.74) is 3.38. The summed E-state index contributed by atoms with van der Waals surface area (Å²) in [5.74, 6) is -0.835. The summed E-state index contributed by atoms with van der Waals surface area (Å²) in [7, 11) is 0. The molecule has 2 aromatic rings. The largest absolute Gasteiger partial charge is 0.325 e. The lowest BCUT2D eigenvalue weighted by Crippen LogP contribution is -2.38. The standard InChI is InChI=1S/C19H19N3O3/c1-12-7-6-10-15(13(12)2)20-16(23)11-22-18(24)17(21-19(22)25)14-8-4-3-5-9-14/h3-10,17H,11H2,1-2H3,(H,20,23)(H,21,25). The Balaban J connectivity index is 1.70. The number of amides is 4. The van der Waals surface area contributed by atoms with E-state index < -0.39 is 23.9 Å². The van der Waals surface area contributed by atoms with Gasteiger partial charge in [-0.1, -0.05) is 42.5 Å². The van der Waals surface area contributed by atoms with Gasteiger partial charge in [-0.2, -0.15) is 0 Å². The molecular formula is C19H19N3O3. The van der Waals surface area contributed by atoms with Crippen molar-refractivity contribution in [3.63, 3.8) is 0 Å². The van der Waals surface area contributed by atoms with Crippen molar-refractivity contribution in [3.05, 3.63) is 65.2 Å². The summed E-state index contributed by atoms with van der Waals surface area (Å²) < 4.78 is 0. The first-order chi connectivity index (χ1) is 12.0. The van der Waals surface area contributed by atoms with E-state index in [9.17, 15) is 14.4 Å². The van der Waals surface area contributed by atoms with Crippen molar-refractivity contribution in [2.75, 3.05) is 11.9 Å². The van der Waals surface area contributed by atoms with Crippen molar-refractivity contribution in [1.82, 2.24) is 10.2 Å². The predicted molar refractivity (Wildman–Crippen MR) is 94.0 cm³/mol. The molecule has 25 heavy (non-hydrogen) atoms. The fourth-order valence-corrected chi connectivity index (χ4v) is 2.76. The van der Waals surface area contributed by atoms with E-state index >= 15 is 0 Å². The van der Waals surface area contributed by atoms with Gasteiger partial charge < -0.3 is 10.6 Å². The average molecular weight is 337 g/mol. The van der Waals surface area contributed by atoms with E-state index in [1.807, 2.05) is 32.0 Å². The second kappa shape index (κ2) is 6.76. The van der Waals surface area contributed by atoms with Gasteiger partial charge in [0.2, 0.25) is 5.91 Å². The summed E-state index contributed by atoms with van der Waals surface area (Å²) in [5, 5.41) is 5.38. The van der Waals surface area contributed by atoms with E-state index in [4.69, 9.17) is 0 Å². The zero-order valence-corrected chi connectivity index (χ0v) is 14.1. The fourth-order valence-electron chi connectivity index (χ4n) is 2.76. The molecule has 2 aromatic carbocycles. The number of benzene rings is 2. The Morgan fingerprint density at radius 3 is 2.52 bits per heavy atom. The van der Waals surface area contributed by atoms with Crippen LogP contribution in [-0.4, -0.2) is 29.3 Å². The van der Waals surface area contributed by atoms with E-state index in [0.29, 0.717) is 11.3 Å². The molecule has 2 N–H and O–H groups in total. The fraction of sp³-hybridized carbons (Fsp3) is 0.211. The summed E-state index contributed by atoms with van der Waals surface area (Å²) >= 11 is 0. The molecule has 0 radical (unpaired) electrons. The molecule has 1 heterocycles. The molecule has 0 aromatic heterocycles. The molecule has 0 spiro atoms. The second-order valence-corrected chi connectivity index (χ2v) is 6.01. The van der Waals surface area contributed by atoms with Gasteiger partial charge in [0.25, 0.3) is 5.91 Å². The molecule has 1 saturated heterocycles. The lowest BCUT2D eigenvalue weighted by atomic mass is 10.1. The third-order valence-corrected chi connectivity index (χ3v) is 4.34. The maximum atomic E-state index is 12.5. The van der Waals surface area contributed by atoms with Crippen LogP contribution in [0.15, 0.2) is 48.5 Å². The van der Waals surface area contributed by atoms with Crippen molar-refractivity contribution in [2.45, 2.75) is 19.9 Å². The Morgan fingerprint density at radius 2 is 1.80 bits per heavy atom. The van der Waals surface area contributed by atoms with Crippen molar-refractivity contribution in [2.24, 2.45) is 0 Å². The number of imide groups is 1. The Morgan fingerprint density at radius 1 is 1.08 bits per heavy atom. The molecule has 0 aliphatic carbocycles. The molecule has 4 amide bonds. The van der Waals surface area contributed by atoms with Crippen LogP contribution in [0.5, 0.6) is 0 Å². The van der Waals surface area contributed by atoms with Crippen molar-refractivity contribution < 1.29 is 14.4 Å². The zero-order chi connectivity index (χ0) is 18.0. The van der Waals surface area contributed by atoms with Gasteiger partial charge in [0, 0.05) is 5.69 Å². The topological polar surface area (TPSA) is 78.5 Å². The van der Waals surface area contributed by atoms with E-state index in [1.165, 1.54) is 0 Å². The van der Waals surface area contributed by atoms with Crippen molar-refractivity contribution >= 4 is 23.5 Å². The number of hydrogen-bond donors (Lipinski definition) is 2. The van der Waals surface area contributed by atoms with Crippen molar-refractivity contribution in [3.8, 4) is 0 Å².